The molecule has 0 amide bonds. The van der Waals surface area contributed by atoms with Crippen LogP contribution in [-0.2, 0) is 23.4 Å². The van der Waals surface area contributed by atoms with E-state index in [0.29, 0.717) is 0 Å². The molecular formula is C10H21NO9P2. The van der Waals surface area contributed by atoms with Crippen LogP contribution in [-0.4, -0.2) is 69.4 Å². The van der Waals surface area contributed by atoms with Crippen LogP contribution in [0.5, 0.6) is 0 Å². The largest absolute Gasteiger partial charge is 0.463 e. The Labute approximate surface area is 128 Å². The van der Waals surface area contributed by atoms with Gasteiger partial charge in [-0.15, -0.1) is 0 Å². The van der Waals surface area contributed by atoms with E-state index in [9.17, 15) is 13.9 Å². The maximum Gasteiger partial charge on any atom is 0.339 e. The maximum atomic E-state index is 11.2. The highest BCUT2D eigenvalue weighted by molar-refractivity contribution is 7.52. The van der Waals surface area contributed by atoms with Crippen LogP contribution in [0, 0.1) is 0 Å². The first kappa shape index (κ1) is 21.4. The van der Waals surface area contributed by atoms with E-state index in [0.717, 1.165) is 4.90 Å². The fourth-order valence-electron chi connectivity index (χ4n) is 1.39. The van der Waals surface area contributed by atoms with Gasteiger partial charge in [-0.05, 0) is 6.92 Å². The summed E-state index contributed by atoms with van der Waals surface area (Å²) in [7, 11) is -8.93. The fraction of sp³-hybridized carbons (Fsp3) is 0.700. The van der Waals surface area contributed by atoms with Gasteiger partial charge in [0.05, 0.1) is 25.4 Å². The quantitative estimate of drug-likeness (QED) is 0.167. The van der Waals surface area contributed by atoms with Crippen LogP contribution in [0.25, 0.3) is 0 Å². The molecule has 0 aliphatic rings. The highest BCUT2D eigenvalue weighted by atomic mass is 31.2. The van der Waals surface area contributed by atoms with E-state index in [4.69, 9.17) is 24.3 Å². The van der Waals surface area contributed by atoms with Crippen LogP contribution in [0.2, 0.25) is 0 Å². The van der Waals surface area contributed by atoms with Gasteiger partial charge in [-0.3, -0.25) is 14.0 Å². The van der Waals surface area contributed by atoms with Gasteiger partial charge in [-0.2, -0.15) is 0 Å². The molecule has 0 aromatic heterocycles. The molecule has 0 saturated heterocycles. The molecule has 0 bridgehead atoms. The van der Waals surface area contributed by atoms with Gasteiger partial charge in [0.1, 0.15) is 12.6 Å². The highest BCUT2D eigenvalue weighted by Gasteiger charge is 2.25. The number of hydrogen-bond acceptors (Lipinski definition) is 6. The molecule has 0 spiro atoms. The van der Waals surface area contributed by atoms with Gasteiger partial charge < -0.3 is 29.0 Å². The minimum absolute atomic E-state index is 0.0679. The average Bonchev–Trinajstić information content (AvgIpc) is 2.30. The first-order valence-corrected chi connectivity index (χ1v) is 9.78. The molecule has 0 saturated carbocycles. The van der Waals surface area contributed by atoms with Crippen molar-refractivity contribution in [2.24, 2.45) is 0 Å². The van der Waals surface area contributed by atoms with Crippen molar-refractivity contribution in [1.82, 2.24) is 4.90 Å². The third kappa shape index (κ3) is 12.0. The Morgan fingerprint density at radius 2 is 1.64 bits per heavy atom. The van der Waals surface area contributed by atoms with Crippen molar-refractivity contribution in [3.63, 3.8) is 0 Å². The molecule has 0 aromatic carbocycles. The second-order valence-corrected chi connectivity index (χ2v) is 7.61. The lowest BCUT2D eigenvalue weighted by molar-refractivity contribution is -0.139. The number of carbonyl (C=O) groups excluding carboxylic acids is 1. The SMILES string of the molecule is C=C(COCCN(CP(=O)(O)O)CP(=O)(O)O)C(=O)OCC. The van der Waals surface area contributed by atoms with Crippen LogP contribution in [0.3, 0.4) is 0 Å². The average molecular weight is 361 g/mol. The molecule has 4 N–H and O–H groups in total. The maximum absolute atomic E-state index is 11.2. The lowest BCUT2D eigenvalue weighted by Gasteiger charge is -2.22. The number of rotatable bonds is 11. The summed E-state index contributed by atoms with van der Waals surface area (Å²) in [5.74, 6) is -0.621. The Kier molecular flexibility index (Phi) is 9.30. The van der Waals surface area contributed by atoms with Crippen LogP contribution in [0.15, 0.2) is 12.2 Å². The van der Waals surface area contributed by atoms with E-state index in [-0.39, 0.29) is 31.9 Å². The van der Waals surface area contributed by atoms with Crippen molar-refractivity contribution in [3.8, 4) is 0 Å². The molecule has 22 heavy (non-hydrogen) atoms. The molecule has 0 aliphatic heterocycles. The van der Waals surface area contributed by atoms with Gasteiger partial charge in [0.25, 0.3) is 0 Å². The predicted molar refractivity (Wildman–Crippen MR) is 77.1 cm³/mol. The fourth-order valence-corrected chi connectivity index (χ4v) is 3.07. The van der Waals surface area contributed by atoms with Crippen molar-refractivity contribution < 1.29 is 43.0 Å². The Morgan fingerprint density at radius 3 is 2.05 bits per heavy atom. The van der Waals surface area contributed by atoms with Gasteiger partial charge in [0.15, 0.2) is 0 Å². The summed E-state index contributed by atoms with van der Waals surface area (Å²) in [6.45, 7) is 4.88. The van der Waals surface area contributed by atoms with Crippen LogP contribution < -0.4 is 0 Å². The monoisotopic (exact) mass is 361 g/mol. The van der Waals surface area contributed by atoms with Gasteiger partial charge in [0, 0.05) is 6.54 Å². The van der Waals surface area contributed by atoms with Gasteiger partial charge in [-0.25, -0.2) is 4.79 Å². The van der Waals surface area contributed by atoms with Gasteiger partial charge >= 0.3 is 21.2 Å². The molecule has 0 unspecified atom stereocenters. The van der Waals surface area contributed by atoms with E-state index >= 15 is 0 Å². The summed E-state index contributed by atoms with van der Waals surface area (Å²) in [6.07, 6.45) is -1.61. The minimum atomic E-state index is -4.46. The number of ether oxygens (including phenoxy) is 2. The molecule has 0 fully saturated rings. The molecule has 12 heteroatoms. The smallest absolute Gasteiger partial charge is 0.339 e. The first-order valence-electron chi connectivity index (χ1n) is 6.18. The zero-order valence-electron chi connectivity index (χ0n) is 12.1. The summed E-state index contributed by atoms with van der Waals surface area (Å²) in [6, 6.07) is 0. The minimum Gasteiger partial charge on any atom is -0.463 e. The standard InChI is InChI=1S/C10H21NO9P2/c1-3-20-10(12)9(2)6-19-5-4-11(7-21(13,14)15)8-22(16,17)18/h2-8H2,1H3,(H2,13,14,15)(H2,16,17,18). The Hall–Kier alpha value is -0.570. The zero-order chi connectivity index (χ0) is 17.4. The molecular weight excluding hydrogens is 340 g/mol. The predicted octanol–water partition coefficient (Wildman–Crippen LogP) is -0.305. The first-order chi connectivity index (χ1) is 9.94. The molecule has 0 aliphatic carbocycles. The number of nitrogens with zero attached hydrogens (tertiary/aromatic N) is 1. The van der Waals surface area contributed by atoms with Crippen LogP contribution in [0.4, 0.5) is 0 Å². The van der Waals surface area contributed by atoms with Crippen LogP contribution in [0.1, 0.15) is 6.92 Å². The van der Waals surface area contributed by atoms with Crippen molar-refractivity contribution in [1.29, 1.82) is 0 Å². The summed E-state index contributed by atoms with van der Waals surface area (Å²) in [5.41, 5.74) is 0.0679. The third-order valence-corrected chi connectivity index (χ3v) is 3.70. The molecule has 0 aromatic rings. The van der Waals surface area contributed by atoms with Crippen molar-refractivity contribution >= 4 is 21.2 Å². The Bertz CT molecular complexity index is 445. The normalized spacial score (nSPS) is 12.5. The van der Waals surface area contributed by atoms with E-state index in [1.54, 1.807) is 6.92 Å². The zero-order valence-corrected chi connectivity index (χ0v) is 13.9. The summed E-state index contributed by atoms with van der Waals surface area (Å²) < 4.78 is 31.6. The second kappa shape index (κ2) is 9.54. The lowest BCUT2D eigenvalue weighted by atomic mass is 10.3. The molecule has 0 rings (SSSR count). The number of carbonyl (C=O) groups is 1. The summed E-state index contributed by atoms with van der Waals surface area (Å²) in [5, 5.41) is 0. The van der Waals surface area contributed by atoms with E-state index < -0.39 is 33.7 Å². The summed E-state index contributed by atoms with van der Waals surface area (Å²) >= 11 is 0. The van der Waals surface area contributed by atoms with E-state index in [1.807, 2.05) is 0 Å². The molecule has 130 valence electrons. The third-order valence-electron chi connectivity index (χ3n) is 2.16. The highest BCUT2D eigenvalue weighted by Crippen LogP contribution is 2.40. The van der Waals surface area contributed by atoms with Crippen LogP contribution >= 0.6 is 15.2 Å². The van der Waals surface area contributed by atoms with Crippen molar-refractivity contribution in [3.05, 3.63) is 12.2 Å². The topological polar surface area (TPSA) is 154 Å². The molecule has 10 nitrogen and oxygen atoms in total. The van der Waals surface area contributed by atoms with Gasteiger partial charge in [-0.1, -0.05) is 6.58 Å². The van der Waals surface area contributed by atoms with Crippen molar-refractivity contribution in [2.45, 2.75) is 6.92 Å². The number of esters is 1. The summed E-state index contributed by atoms with van der Waals surface area (Å²) in [4.78, 5) is 47.6. The van der Waals surface area contributed by atoms with Gasteiger partial charge in [0.2, 0.25) is 0 Å². The Balaban J connectivity index is 4.29. The Morgan fingerprint density at radius 1 is 1.14 bits per heavy atom. The van der Waals surface area contributed by atoms with Crippen molar-refractivity contribution in [2.75, 3.05) is 38.9 Å². The number of hydrogen-bond donors (Lipinski definition) is 4. The molecule has 0 heterocycles. The van der Waals surface area contributed by atoms with E-state index in [2.05, 4.69) is 11.3 Å². The molecule has 0 radical (unpaired) electrons. The lowest BCUT2D eigenvalue weighted by Crippen LogP contribution is -2.30. The molecule has 0 atom stereocenters. The van der Waals surface area contributed by atoms with E-state index in [1.165, 1.54) is 0 Å². The second-order valence-electron chi connectivity index (χ2n) is 4.38.